The van der Waals surface area contributed by atoms with Crippen LogP contribution in [0.5, 0.6) is 0 Å². The molecule has 0 unspecified atom stereocenters. The molecular weight excluding hydrogens is 416 g/mol. The van der Waals surface area contributed by atoms with Gasteiger partial charge in [0, 0.05) is 20.1 Å². The highest BCUT2D eigenvalue weighted by Gasteiger charge is 2.10. The Morgan fingerprint density at radius 3 is 2.29 bits per heavy atom. The van der Waals surface area contributed by atoms with Crippen LogP contribution in [0.4, 0.5) is 4.39 Å². The van der Waals surface area contributed by atoms with Gasteiger partial charge in [-0.25, -0.2) is 4.39 Å². The van der Waals surface area contributed by atoms with Gasteiger partial charge in [0.15, 0.2) is 5.96 Å². The van der Waals surface area contributed by atoms with Crippen LogP contribution in [-0.4, -0.2) is 13.0 Å². The molecule has 24 heavy (non-hydrogen) atoms. The van der Waals surface area contributed by atoms with Gasteiger partial charge in [-0.3, -0.25) is 4.99 Å². The quantitative estimate of drug-likeness (QED) is 0.432. The summed E-state index contributed by atoms with van der Waals surface area (Å²) in [5.74, 6) is 0.530. The van der Waals surface area contributed by atoms with Crippen molar-refractivity contribution in [1.82, 2.24) is 10.6 Å². The van der Waals surface area contributed by atoms with E-state index in [1.165, 1.54) is 48.1 Å². The highest BCUT2D eigenvalue weighted by atomic mass is 127. The first kappa shape index (κ1) is 18.7. The van der Waals surface area contributed by atoms with E-state index in [-0.39, 0.29) is 29.8 Å². The summed E-state index contributed by atoms with van der Waals surface area (Å²) in [5, 5.41) is 6.57. The Balaban J connectivity index is 0.00000208. The maximum absolute atomic E-state index is 12.9. The molecule has 0 saturated carbocycles. The van der Waals surface area contributed by atoms with Crippen LogP contribution >= 0.6 is 24.0 Å². The van der Waals surface area contributed by atoms with Gasteiger partial charge in [0.2, 0.25) is 0 Å². The lowest BCUT2D eigenvalue weighted by atomic mass is 10.1. The Morgan fingerprint density at radius 2 is 1.58 bits per heavy atom. The second-order valence-corrected chi connectivity index (χ2v) is 5.86. The zero-order valence-corrected chi connectivity index (χ0v) is 16.1. The topological polar surface area (TPSA) is 36.4 Å². The molecule has 128 valence electrons. The number of nitrogens with zero attached hydrogens (tertiary/aromatic N) is 1. The highest BCUT2D eigenvalue weighted by Crippen LogP contribution is 2.22. The lowest BCUT2D eigenvalue weighted by Crippen LogP contribution is -2.36. The monoisotopic (exact) mass is 439 g/mol. The smallest absolute Gasteiger partial charge is 0.191 e. The van der Waals surface area contributed by atoms with Crippen LogP contribution in [0.2, 0.25) is 0 Å². The summed E-state index contributed by atoms with van der Waals surface area (Å²) in [7, 11) is 1.75. The molecule has 1 aliphatic rings. The third-order valence-electron chi connectivity index (χ3n) is 4.22. The molecule has 3 rings (SSSR count). The molecule has 0 saturated heterocycles. The van der Waals surface area contributed by atoms with Gasteiger partial charge < -0.3 is 10.6 Å². The van der Waals surface area contributed by atoms with Crippen molar-refractivity contribution in [3.8, 4) is 0 Å². The van der Waals surface area contributed by atoms with Crippen molar-refractivity contribution in [2.75, 3.05) is 7.05 Å². The first-order valence-corrected chi connectivity index (χ1v) is 8.04. The van der Waals surface area contributed by atoms with Crippen LogP contribution in [0, 0.1) is 5.82 Å². The summed E-state index contributed by atoms with van der Waals surface area (Å²) in [6.07, 6.45) is 3.68. The fourth-order valence-electron chi connectivity index (χ4n) is 2.93. The van der Waals surface area contributed by atoms with Gasteiger partial charge in [-0.05, 0) is 53.6 Å². The molecule has 0 bridgehead atoms. The number of guanidine groups is 1. The van der Waals surface area contributed by atoms with Crippen LogP contribution in [0.3, 0.4) is 0 Å². The van der Waals surface area contributed by atoms with E-state index in [2.05, 4.69) is 33.8 Å². The molecule has 2 aromatic carbocycles. The Morgan fingerprint density at radius 1 is 0.958 bits per heavy atom. The van der Waals surface area contributed by atoms with Gasteiger partial charge in [0.1, 0.15) is 5.82 Å². The van der Waals surface area contributed by atoms with E-state index < -0.39 is 0 Å². The van der Waals surface area contributed by atoms with Gasteiger partial charge in [-0.2, -0.15) is 0 Å². The molecule has 3 nitrogen and oxygen atoms in total. The lowest BCUT2D eigenvalue weighted by Gasteiger charge is -2.13. The second-order valence-electron chi connectivity index (χ2n) is 5.86. The Bertz CT molecular complexity index is 698. The minimum Gasteiger partial charge on any atom is -0.352 e. The van der Waals surface area contributed by atoms with Gasteiger partial charge in [0.25, 0.3) is 0 Å². The van der Waals surface area contributed by atoms with E-state index in [9.17, 15) is 4.39 Å². The van der Waals surface area contributed by atoms with Gasteiger partial charge in [0.05, 0.1) is 0 Å². The Kier molecular flexibility index (Phi) is 7.02. The number of hydrogen-bond donors (Lipinski definition) is 2. The number of aliphatic imine (C=N–C) groups is 1. The molecule has 0 aromatic heterocycles. The largest absolute Gasteiger partial charge is 0.352 e. The lowest BCUT2D eigenvalue weighted by molar-refractivity contribution is 0.626. The van der Waals surface area contributed by atoms with Gasteiger partial charge >= 0.3 is 0 Å². The molecule has 0 heterocycles. The van der Waals surface area contributed by atoms with Crippen molar-refractivity contribution in [1.29, 1.82) is 0 Å². The van der Waals surface area contributed by atoms with Crippen molar-refractivity contribution in [3.63, 3.8) is 0 Å². The molecule has 0 atom stereocenters. The molecule has 0 amide bonds. The van der Waals surface area contributed by atoms with E-state index in [1.807, 2.05) is 0 Å². The molecule has 2 N–H and O–H groups in total. The fourth-order valence-corrected chi connectivity index (χ4v) is 2.93. The number of nitrogens with one attached hydrogen (secondary N) is 2. The summed E-state index contributed by atoms with van der Waals surface area (Å²) in [5.41, 5.74) is 5.27. The predicted octanol–water partition coefficient (Wildman–Crippen LogP) is 3.80. The van der Waals surface area contributed by atoms with Gasteiger partial charge in [-0.15, -0.1) is 24.0 Å². The fraction of sp³-hybridized carbons (Fsp3) is 0.316. The average molecular weight is 439 g/mol. The van der Waals surface area contributed by atoms with Crippen LogP contribution in [0.25, 0.3) is 0 Å². The summed E-state index contributed by atoms with van der Waals surface area (Å²) in [6, 6.07) is 13.2. The summed E-state index contributed by atoms with van der Waals surface area (Å²) in [4.78, 5) is 4.23. The molecule has 0 fully saturated rings. The molecule has 5 heteroatoms. The van der Waals surface area contributed by atoms with Gasteiger partial charge in [-0.1, -0.05) is 30.3 Å². The molecular formula is C19H23FIN3. The molecule has 0 aliphatic heterocycles. The first-order valence-electron chi connectivity index (χ1n) is 8.04. The number of fused-ring (bicyclic) bond motifs is 1. The minimum atomic E-state index is -0.215. The molecule has 0 spiro atoms. The zero-order chi connectivity index (χ0) is 16.1. The SMILES string of the molecule is CN=C(NCc1ccc(F)cc1)NCc1ccc2c(c1)CCC2.I. The molecule has 0 radical (unpaired) electrons. The van der Waals surface area contributed by atoms with Crippen molar-refractivity contribution in [3.05, 3.63) is 70.5 Å². The van der Waals surface area contributed by atoms with E-state index in [4.69, 9.17) is 0 Å². The molecule has 1 aliphatic carbocycles. The van der Waals surface area contributed by atoms with E-state index in [0.29, 0.717) is 6.54 Å². The Labute approximate surface area is 159 Å². The Hall–Kier alpha value is -1.63. The first-order chi connectivity index (χ1) is 11.2. The third-order valence-corrected chi connectivity index (χ3v) is 4.22. The standard InChI is InChI=1S/C19H22FN3.HI/c1-21-19(22-12-14-6-9-18(20)10-7-14)23-13-15-5-8-16-3-2-4-17(16)11-15;/h5-11H,2-4,12-13H2,1H3,(H2,21,22,23);1H. The highest BCUT2D eigenvalue weighted by molar-refractivity contribution is 14.0. The van der Waals surface area contributed by atoms with E-state index in [0.717, 1.165) is 18.1 Å². The minimum absolute atomic E-state index is 0. The molecule has 2 aromatic rings. The predicted molar refractivity (Wildman–Crippen MR) is 107 cm³/mol. The van der Waals surface area contributed by atoms with E-state index in [1.54, 1.807) is 19.2 Å². The number of hydrogen-bond acceptors (Lipinski definition) is 1. The van der Waals surface area contributed by atoms with Crippen LogP contribution in [0.15, 0.2) is 47.5 Å². The summed E-state index contributed by atoms with van der Waals surface area (Å²) < 4.78 is 12.9. The van der Waals surface area contributed by atoms with Crippen LogP contribution in [0.1, 0.15) is 28.7 Å². The van der Waals surface area contributed by atoms with Crippen molar-refractivity contribution in [2.24, 2.45) is 4.99 Å². The van der Waals surface area contributed by atoms with Crippen molar-refractivity contribution in [2.45, 2.75) is 32.4 Å². The summed E-state index contributed by atoms with van der Waals surface area (Å²) >= 11 is 0. The van der Waals surface area contributed by atoms with Crippen molar-refractivity contribution < 1.29 is 4.39 Å². The number of rotatable bonds is 4. The number of halogens is 2. The van der Waals surface area contributed by atoms with Crippen LogP contribution < -0.4 is 10.6 Å². The maximum atomic E-state index is 12.9. The average Bonchev–Trinajstić information content (AvgIpc) is 3.04. The van der Waals surface area contributed by atoms with Crippen LogP contribution in [-0.2, 0) is 25.9 Å². The third kappa shape index (κ3) is 4.93. The zero-order valence-electron chi connectivity index (χ0n) is 13.8. The van der Waals surface area contributed by atoms with E-state index >= 15 is 0 Å². The number of aryl methyl sites for hydroxylation is 2. The second kappa shape index (κ2) is 9.01. The maximum Gasteiger partial charge on any atom is 0.191 e. The van der Waals surface area contributed by atoms with Crippen molar-refractivity contribution >= 4 is 29.9 Å². The summed E-state index contributed by atoms with van der Waals surface area (Å²) in [6.45, 7) is 1.36. The number of benzene rings is 2. The normalized spacial score (nSPS) is 13.2.